The molecule has 1 rings (SSSR count). The molecule has 0 spiro atoms. The van der Waals surface area contributed by atoms with Crippen LogP contribution in [0.2, 0.25) is 0 Å². The lowest BCUT2D eigenvalue weighted by atomic mass is 10.1. The molecule has 0 heterocycles. The average molecular weight is 225 g/mol. The first kappa shape index (κ1) is 12.5. The highest BCUT2D eigenvalue weighted by molar-refractivity contribution is 6.35. The number of carbonyl (C=O) groups is 2. The van der Waals surface area contributed by atoms with Crippen molar-refractivity contribution in [3.8, 4) is 0 Å². The van der Waals surface area contributed by atoms with Crippen LogP contribution in [0.3, 0.4) is 0 Å². The molecule has 1 aliphatic rings. The van der Waals surface area contributed by atoms with E-state index in [1.165, 1.54) is 0 Å². The van der Waals surface area contributed by atoms with E-state index < -0.39 is 17.4 Å². The summed E-state index contributed by atoms with van der Waals surface area (Å²) in [6.45, 7) is 5.47. The monoisotopic (exact) mass is 225 g/mol. The SMILES string of the molecule is CC(C)(C)NC(=O)C(=O)NNC1=CCCC1. The van der Waals surface area contributed by atoms with E-state index in [1.54, 1.807) is 0 Å². The quantitative estimate of drug-likeness (QED) is 0.476. The Morgan fingerprint density at radius 3 is 2.44 bits per heavy atom. The molecule has 0 saturated carbocycles. The third-order valence-corrected chi connectivity index (χ3v) is 2.07. The highest BCUT2D eigenvalue weighted by Crippen LogP contribution is 2.13. The van der Waals surface area contributed by atoms with Crippen molar-refractivity contribution < 1.29 is 9.59 Å². The summed E-state index contributed by atoms with van der Waals surface area (Å²) in [7, 11) is 0. The lowest BCUT2D eigenvalue weighted by Crippen LogP contribution is -2.51. The van der Waals surface area contributed by atoms with Crippen LogP contribution in [0.5, 0.6) is 0 Å². The Kier molecular flexibility index (Phi) is 3.93. The summed E-state index contributed by atoms with van der Waals surface area (Å²) < 4.78 is 0. The first-order valence-corrected chi connectivity index (χ1v) is 5.46. The van der Waals surface area contributed by atoms with Crippen molar-refractivity contribution >= 4 is 11.8 Å². The van der Waals surface area contributed by atoms with E-state index in [1.807, 2.05) is 26.8 Å². The van der Waals surface area contributed by atoms with E-state index in [2.05, 4.69) is 16.2 Å². The molecule has 0 aromatic rings. The Labute approximate surface area is 95.6 Å². The maximum atomic E-state index is 11.4. The van der Waals surface area contributed by atoms with Crippen LogP contribution in [-0.4, -0.2) is 17.4 Å². The van der Waals surface area contributed by atoms with Crippen LogP contribution in [0.1, 0.15) is 40.0 Å². The van der Waals surface area contributed by atoms with Crippen LogP contribution < -0.4 is 16.2 Å². The number of amides is 2. The molecule has 0 aromatic carbocycles. The average Bonchev–Trinajstić information content (AvgIpc) is 2.63. The summed E-state index contributed by atoms with van der Waals surface area (Å²) in [6, 6.07) is 0. The standard InChI is InChI=1S/C11H19N3O2/c1-11(2,3)12-9(15)10(16)14-13-8-6-4-5-7-8/h6,13H,4-5,7H2,1-3H3,(H,12,15)(H,14,16). The normalized spacial score (nSPS) is 15.3. The molecule has 0 unspecified atom stereocenters. The lowest BCUT2D eigenvalue weighted by Gasteiger charge is -2.20. The van der Waals surface area contributed by atoms with Crippen molar-refractivity contribution in [1.29, 1.82) is 0 Å². The Balaban J connectivity index is 2.31. The fraction of sp³-hybridized carbons (Fsp3) is 0.636. The van der Waals surface area contributed by atoms with Gasteiger partial charge in [0.25, 0.3) is 0 Å². The van der Waals surface area contributed by atoms with E-state index in [-0.39, 0.29) is 0 Å². The van der Waals surface area contributed by atoms with Gasteiger partial charge in [-0.3, -0.25) is 15.0 Å². The number of allylic oxidation sites excluding steroid dienone is 2. The highest BCUT2D eigenvalue weighted by atomic mass is 16.2. The number of nitrogens with one attached hydrogen (secondary N) is 3. The zero-order valence-electron chi connectivity index (χ0n) is 10.0. The maximum absolute atomic E-state index is 11.4. The molecular weight excluding hydrogens is 206 g/mol. The van der Waals surface area contributed by atoms with Crippen molar-refractivity contribution in [3.05, 3.63) is 11.8 Å². The Bertz CT molecular complexity index is 316. The molecule has 1 aliphatic carbocycles. The van der Waals surface area contributed by atoms with E-state index >= 15 is 0 Å². The molecule has 0 radical (unpaired) electrons. The van der Waals surface area contributed by atoms with Crippen molar-refractivity contribution in [1.82, 2.24) is 16.2 Å². The van der Waals surface area contributed by atoms with Crippen LogP contribution in [-0.2, 0) is 9.59 Å². The molecule has 0 aliphatic heterocycles. The molecule has 16 heavy (non-hydrogen) atoms. The molecular formula is C11H19N3O2. The number of hydrazine groups is 1. The van der Waals surface area contributed by atoms with Gasteiger partial charge in [0, 0.05) is 11.2 Å². The van der Waals surface area contributed by atoms with Gasteiger partial charge in [0.05, 0.1) is 0 Å². The van der Waals surface area contributed by atoms with Gasteiger partial charge in [-0.05, 0) is 40.0 Å². The van der Waals surface area contributed by atoms with Gasteiger partial charge in [0.15, 0.2) is 0 Å². The fourth-order valence-corrected chi connectivity index (χ4v) is 1.38. The molecule has 90 valence electrons. The fourth-order valence-electron chi connectivity index (χ4n) is 1.38. The Morgan fingerprint density at radius 2 is 1.94 bits per heavy atom. The van der Waals surface area contributed by atoms with Crippen molar-refractivity contribution in [2.24, 2.45) is 0 Å². The third-order valence-electron chi connectivity index (χ3n) is 2.07. The molecule has 0 atom stereocenters. The number of rotatable bonds is 2. The van der Waals surface area contributed by atoms with Gasteiger partial charge in [-0.1, -0.05) is 6.08 Å². The van der Waals surface area contributed by atoms with Crippen LogP contribution >= 0.6 is 0 Å². The second kappa shape index (κ2) is 5.01. The van der Waals surface area contributed by atoms with Gasteiger partial charge in [0.1, 0.15) is 0 Å². The van der Waals surface area contributed by atoms with Crippen molar-refractivity contribution in [3.63, 3.8) is 0 Å². The summed E-state index contributed by atoms with van der Waals surface area (Å²) in [6.07, 6.45) is 5.04. The molecule has 0 fully saturated rings. The molecule has 2 amide bonds. The number of carbonyl (C=O) groups excluding carboxylic acids is 2. The Morgan fingerprint density at radius 1 is 1.25 bits per heavy atom. The van der Waals surface area contributed by atoms with Crippen LogP contribution in [0.15, 0.2) is 11.8 Å². The van der Waals surface area contributed by atoms with Crippen molar-refractivity contribution in [2.45, 2.75) is 45.6 Å². The highest BCUT2D eigenvalue weighted by Gasteiger charge is 2.20. The van der Waals surface area contributed by atoms with E-state index in [0.717, 1.165) is 25.0 Å². The molecule has 0 bridgehead atoms. The van der Waals surface area contributed by atoms with Crippen LogP contribution in [0.25, 0.3) is 0 Å². The largest absolute Gasteiger partial charge is 0.343 e. The van der Waals surface area contributed by atoms with Gasteiger partial charge < -0.3 is 10.7 Å². The lowest BCUT2D eigenvalue weighted by molar-refractivity contribution is -0.140. The van der Waals surface area contributed by atoms with Crippen molar-refractivity contribution in [2.75, 3.05) is 0 Å². The number of hydrogen-bond acceptors (Lipinski definition) is 3. The second-order valence-corrected chi connectivity index (χ2v) is 4.90. The third kappa shape index (κ3) is 4.33. The smallest absolute Gasteiger partial charge is 0.327 e. The van der Waals surface area contributed by atoms with Gasteiger partial charge in [-0.25, -0.2) is 0 Å². The zero-order chi connectivity index (χ0) is 12.2. The van der Waals surface area contributed by atoms with Crippen LogP contribution in [0, 0.1) is 0 Å². The molecule has 5 nitrogen and oxygen atoms in total. The van der Waals surface area contributed by atoms with E-state index in [9.17, 15) is 9.59 Å². The van der Waals surface area contributed by atoms with Gasteiger partial charge in [-0.2, -0.15) is 0 Å². The van der Waals surface area contributed by atoms with E-state index in [4.69, 9.17) is 0 Å². The first-order chi connectivity index (χ1) is 7.38. The molecule has 3 N–H and O–H groups in total. The second-order valence-electron chi connectivity index (χ2n) is 4.90. The summed E-state index contributed by atoms with van der Waals surface area (Å²) >= 11 is 0. The summed E-state index contributed by atoms with van der Waals surface area (Å²) in [5.74, 6) is -1.29. The summed E-state index contributed by atoms with van der Waals surface area (Å²) in [5.41, 5.74) is 5.69. The van der Waals surface area contributed by atoms with Crippen LogP contribution in [0.4, 0.5) is 0 Å². The molecule has 5 heteroatoms. The minimum Gasteiger partial charge on any atom is -0.343 e. The van der Waals surface area contributed by atoms with E-state index in [0.29, 0.717) is 0 Å². The molecule has 0 aromatic heterocycles. The summed E-state index contributed by atoms with van der Waals surface area (Å²) in [5, 5.41) is 2.58. The topological polar surface area (TPSA) is 70.2 Å². The van der Waals surface area contributed by atoms with Gasteiger partial charge in [0.2, 0.25) is 0 Å². The van der Waals surface area contributed by atoms with Gasteiger partial charge in [-0.15, -0.1) is 0 Å². The Hall–Kier alpha value is -1.52. The number of hydrogen-bond donors (Lipinski definition) is 3. The van der Waals surface area contributed by atoms with Gasteiger partial charge >= 0.3 is 11.8 Å². The first-order valence-electron chi connectivity index (χ1n) is 5.46. The summed E-state index contributed by atoms with van der Waals surface area (Å²) in [4.78, 5) is 22.7. The predicted octanol–water partition coefficient (Wildman–Crippen LogP) is 0.590. The minimum absolute atomic E-state index is 0.402. The predicted molar refractivity (Wildman–Crippen MR) is 61.1 cm³/mol. The molecule has 0 saturated heterocycles. The minimum atomic E-state index is -0.664. The zero-order valence-corrected chi connectivity index (χ0v) is 10.0. The maximum Gasteiger partial charge on any atom is 0.327 e.